The third-order valence-electron chi connectivity index (χ3n) is 4.68. The Morgan fingerprint density at radius 2 is 1.94 bits per heavy atom. The summed E-state index contributed by atoms with van der Waals surface area (Å²) in [4.78, 5) is 33.0. The highest BCUT2D eigenvalue weighted by Crippen LogP contribution is 2.34. The van der Waals surface area contributed by atoms with Gasteiger partial charge in [-0.3, -0.25) is 14.5 Å². The Balaban J connectivity index is 1.79. The molecule has 0 saturated carbocycles. The first-order valence-corrected chi connectivity index (χ1v) is 10.8. The average Bonchev–Trinajstić information content (AvgIpc) is 3.02. The van der Waals surface area contributed by atoms with Crippen LogP contribution in [0.1, 0.15) is 6.42 Å². The molecule has 0 spiro atoms. The number of carbonyl (C=O) groups is 2. The van der Waals surface area contributed by atoms with Crippen LogP contribution in [0.2, 0.25) is 0 Å². The van der Waals surface area contributed by atoms with Crippen LogP contribution >= 0.6 is 11.8 Å². The largest absolute Gasteiger partial charge is 0.494 e. The van der Waals surface area contributed by atoms with E-state index < -0.39 is 17.0 Å². The number of nitrogens with one attached hydrogen (secondary N) is 2. The Morgan fingerprint density at radius 3 is 2.65 bits per heavy atom. The predicted molar refractivity (Wildman–Crippen MR) is 121 cm³/mol. The average molecular weight is 446 g/mol. The Morgan fingerprint density at radius 1 is 1.23 bits per heavy atom. The SMILES string of the molecule is COc1ccccc1N=C1S[C@@H](CC(=O)Nc2ccccc2F)C(=O)N1CC[NH+](C)C. The molecule has 0 radical (unpaired) electrons. The van der Waals surface area contributed by atoms with Gasteiger partial charge in [-0.2, -0.15) is 0 Å². The first-order valence-electron chi connectivity index (χ1n) is 9.92. The van der Waals surface area contributed by atoms with E-state index in [2.05, 4.69) is 10.3 Å². The molecule has 9 heteroatoms. The van der Waals surface area contributed by atoms with E-state index in [9.17, 15) is 14.0 Å². The van der Waals surface area contributed by atoms with Gasteiger partial charge in [-0.15, -0.1) is 0 Å². The van der Waals surface area contributed by atoms with E-state index in [0.29, 0.717) is 23.1 Å². The summed E-state index contributed by atoms with van der Waals surface area (Å²) in [6.45, 7) is 1.21. The normalized spacial score (nSPS) is 17.5. The van der Waals surface area contributed by atoms with Gasteiger partial charge in [0.15, 0.2) is 5.17 Å². The zero-order valence-electron chi connectivity index (χ0n) is 17.7. The van der Waals surface area contributed by atoms with Gasteiger partial charge in [0.2, 0.25) is 11.8 Å². The van der Waals surface area contributed by atoms with Gasteiger partial charge in [0.25, 0.3) is 0 Å². The quantitative estimate of drug-likeness (QED) is 0.651. The summed E-state index contributed by atoms with van der Waals surface area (Å²) in [7, 11) is 5.57. The molecule has 2 N–H and O–H groups in total. The molecule has 0 aliphatic carbocycles. The molecule has 1 fully saturated rings. The molecular weight excluding hydrogens is 419 g/mol. The number of carbonyl (C=O) groups excluding carboxylic acids is 2. The number of methoxy groups -OCH3 is 1. The number of aliphatic imine (C=N–C) groups is 1. The Labute approximate surface area is 185 Å². The summed E-state index contributed by atoms with van der Waals surface area (Å²) in [5, 5.41) is 2.44. The molecule has 1 atom stereocenters. The molecule has 1 aliphatic rings. The summed E-state index contributed by atoms with van der Waals surface area (Å²) in [6, 6.07) is 13.2. The number of halogens is 1. The maximum absolute atomic E-state index is 13.8. The minimum Gasteiger partial charge on any atom is -0.494 e. The number of rotatable bonds is 8. The highest BCUT2D eigenvalue weighted by molar-refractivity contribution is 8.15. The smallest absolute Gasteiger partial charge is 0.242 e. The number of para-hydroxylation sites is 3. The monoisotopic (exact) mass is 445 g/mol. The second-order valence-electron chi connectivity index (χ2n) is 7.35. The summed E-state index contributed by atoms with van der Waals surface area (Å²) in [5.74, 6) is -0.520. The standard InChI is InChI=1S/C22H25FN4O3S/c1-26(2)12-13-27-21(29)19(14-20(28)24-16-9-5-4-8-15(16)23)31-22(27)25-17-10-6-7-11-18(17)30-3/h4-11,19H,12-14H2,1-3H3,(H,24,28)/p+1/t19-/m0/s1. The van der Waals surface area contributed by atoms with Gasteiger partial charge in [-0.25, -0.2) is 9.38 Å². The number of nitrogens with zero attached hydrogens (tertiary/aromatic N) is 2. The molecule has 2 amide bonds. The first-order chi connectivity index (χ1) is 14.9. The van der Waals surface area contributed by atoms with Crippen LogP contribution in [0.4, 0.5) is 15.8 Å². The second kappa shape index (κ2) is 10.4. The molecule has 0 aromatic heterocycles. The number of benzene rings is 2. The van der Waals surface area contributed by atoms with Crippen molar-refractivity contribution >= 4 is 40.1 Å². The van der Waals surface area contributed by atoms with E-state index in [4.69, 9.17) is 4.74 Å². The number of amidine groups is 1. The lowest BCUT2D eigenvalue weighted by Crippen LogP contribution is -3.06. The molecule has 0 unspecified atom stereocenters. The molecule has 1 aliphatic heterocycles. The fraction of sp³-hybridized carbons (Fsp3) is 0.318. The van der Waals surface area contributed by atoms with Crippen molar-refractivity contribution in [3.63, 3.8) is 0 Å². The number of ether oxygens (including phenoxy) is 1. The van der Waals surface area contributed by atoms with E-state index in [1.165, 1.54) is 28.8 Å². The molecule has 2 aromatic carbocycles. The maximum Gasteiger partial charge on any atom is 0.242 e. The number of hydrogen-bond acceptors (Lipinski definition) is 5. The molecule has 0 bridgehead atoms. The zero-order valence-corrected chi connectivity index (χ0v) is 18.5. The predicted octanol–water partition coefficient (Wildman–Crippen LogP) is 1.94. The van der Waals surface area contributed by atoms with Crippen molar-refractivity contribution in [2.24, 2.45) is 4.99 Å². The third-order valence-corrected chi connectivity index (χ3v) is 5.85. The van der Waals surface area contributed by atoms with Gasteiger partial charge in [-0.1, -0.05) is 36.0 Å². The van der Waals surface area contributed by atoms with E-state index in [1.54, 1.807) is 30.2 Å². The van der Waals surface area contributed by atoms with Gasteiger partial charge in [0.1, 0.15) is 22.5 Å². The number of amides is 2. The topological polar surface area (TPSA) is 75.4 Å². The molecule has 2 aromatic rings. The number of quaternary nitrogens is 1. The lowest BCUT2D eigenvalue weighted by Gasteiger charge is -2.18. The summed E-state index contributed by atoms with van der Waals surface area (Å²) >= 11 is 1.24. The highest BCUT2D eigenvalue weighted by Gasteiger charge is 2.39. The summed E-state index contributed by atoms with van der Waals surface area (Å²) in [5.41, 5.74) is 0.706. The van der Waals surface area contributed by atoms with E-state index in [-0.39, 0.29) is 18.0 Å². The number of likely N-dealkylation sites (N-methyl/N-ethyl adjacent to an activating group) is 1. The van der Waals surface area contributed by atoms with Gasteiger partial charge in [0, 0.05) is 6.42 Å². The molecule has 31 heavy (non-hydrogen) atoms. The minimum atomic E-state index is -0.627. The fourth-order valence-electron chi connectivity index (χ4n) is 3.02. The van der Waals surface area contributed by atoms with Crippen LogP contribution in [0.5, 0.6) is 5.75 Å². The van der Waals surface area contributed by atoms with Gasteiger partial charge < -0.3 is 15.0 Å². The number of anilines is 1. The van der Waals surface area contributed by atoms with Crippen LogP contribution in [0.25, 0.3) is 0 Å². The Bertz CT molecular complexity index is 983. The molecule has 1 saturated heterocycles. The zero-order chi connectivity index (χ0) is 22.4. The van der Waals surface area contributed by atoms with Crippen LogP contribution in [0, 0.1) is 5.82 Å². The summed E-state index contributed by atoms with van der Waals surface area (Å²) in [6.07, 6.45) is -0.0753. The minimum absolute atomic E-state index is 0.0753. The molecule has 3 rings (SSSR count). The van der Waals surface area contributed by atoms with Crippen molar-refractivity contribution in [3.8, 4) is 5.75 Å². The molecular formula is C22H26FN4O3S+. The van der Waals surface area contributed by atoms with Crippen molar-refractivity contribution < 1.29 is 23.6 Å². The van der Waals surface area contributed by atoms with Crippen LogP contribution < -0.4 is 15.0 Å². The van der Waals surface area contributed by atoms with Gasteiger partial charge in [0.05, 0.1) is 40.0 Å². The Hall–Kier alpha value is -2.91. The van der Waals surface area contributed by atoms with E-state index in [0.717, 1.165) is 6.54 Å². The number of hydrogen-bond donors (Lipinski definition) is 2. The van der Waals surface area contributed by atoms with Crippen LogP contribution in [0.3, 0.4) is 0 Å². The van der Waals surface area contributed by atoms with Crippen molar-refractivity contribution in [1.29, 1.82) is 0 Å². The highest BCUT2D eigenvalue weighted by atomic mass is 32.2. The van der Waals surface area contributed by atoms with Gasteiger partial charge in [-0.05, 0) is 24.3 Å². The third kappa shape index (κ3) is 5.83. The van der Waals surface area contributed by atoms with Crippen molar-refractivity contribution in [2.45, 2.75) is 11.7 Å². The first kappa shape index (κ1) is 22.8. The Kier molecular flexibility index (Phi) is 7.64. The second-order valence-corrected chi connectivity index (χ2v) is 8.52. The number of thioether (sulfide) groups is 1. The molecule has 164 valence electrons. The summed E-state index contributed by atoms with van der Waals surface area (Å²) < 4.78 is 19.2. The van der Waals surface area contributed by atoms with Crippen molar-refractivity contribution in [1.82, 2.24) is 4.90 Å². The van der Waals surface area contributed by atoms with E-state index in [1.807, 2.05) is 32.3 Å². The van der Waals surface area contributed by atoms with Crippen LogP contribution in [-0.2, 0) is 9.59 Å². The lowest BCUT2D eigenvalue weighted by molar-refractivity contribution is -0.857. The van der Waals surface area contributed by atoms with Crippen LogP contribution in [0.15, 0.2) is 53.5 Å². The fourth-order valence-corrected chi connectivity index (χ4v) is 4.20. The van der Waals surface area contributed by atoms with E-state index >= 15 is 0 Å². The molecule has 7 nitrogen and oxygen atoms in total. The lowest BCUT2D eigenvalue weighted by atomic mass is 10.2. The van der Waals surface area contributed by atoms with Crippen molar-refractivity contribution in [2.75, 3.05) is 39.6 Å². The van der Waals surface area contributed by atoms with Crippen LogP contribution in [-0.4, -0.2) is 61.4 Å². The maximum atomic E-state index is 13.8. The molecule has 1 heterocycles. The van der Waals surface area contributed by atoms with Gasteiger partial charge >= 0.3 is 0 Å². The van der Waals surface area contributed by atoms with Crippen molar-refractivity contribution in [3.05, 3.63) is 54.3 Å².